The van der Waals surface area contributed by atoms with Crippen molar-refractivity contribution < 1.29 is 9.18 Å². The largest absolute Gasteiger partial charge is 0.289 e. The second-order valence-electron chi connectivity index (χ2n) is 4.34. The molecule has 0 fully saturated rings. The van der Waals surface area contributed by atoms with Crippen molar-refractivity contribution in [3.05, 3.63) is 71.0 Å². The van der Waals surface area contributed by atoms with Crippen molar-refractivity contribution in [1.82, 2.24) is 0 Å². The molecule has 0 aliphatic carbocycles. The number of halogens is 1. The van der Waals surface area contributed by atoms with Gasteiger partial charge < -0.3 is 0 Å². The van der Waals surface area contributed by atoms with Gasteiger partial charge in [0, 0.05) is 21.8 Å². The number of hydrogen-bond acceptors (Lipinski definition) is 2. The van der Waals surface area contributed by atoms with Gasteiger partial charge in [0.2, 0.25) is 0 Å². The van der Waals surface area contributed by atoms with E-state index in [1.807, 2.05) is 24.3 Å². The van der Waals surface area contributed by atoms with E-state index in [1.165, 1.54) is 12.1 Å². The monoisotopic (exact) mass is 270 g/mol. The van der Waals surface area contributed by atoms with Crippen molar-refractivity contribution in [2.45, 2.75) is 4.90 Å². The maximum atomic E-state index is 13.1. The first kappa shape index (κ1) is 12.2. The Morgan fingerprint density at radius 2 is 1.95 bits per heavy atom. The van der Waals surface area contributed by atoms with Crippen LogP contribution in [0.3, 0.4) is 0 Å². The molecular weight excluding hydrogens is 259 g/mol. The predicted molar refractivity (Wildman–Crippen MR) is 75.9 cm³/mol. The summed E-state index contributed by atoms with van der Waals surface area (Å²) in [6.07, 6.45) is 1.77. The van der Waals surface area contributed by atoms with Crippen molar-refractivity contribution in [3.8, 4) is 0 Å². The Morgan fingerprint density at radius 1 is 1.11 bits per heavy atom. The quantitative estimate of drug-likeness (QED) is 0.722. The SMILES string of the molecule is O=C1/C(=C/c2cccc(F)c2)CSc2ccccc21. The molecule has 0 N–H and O–H groups in total. The third-order valence-electron chi connectivity index (χ3n) is 3.00. The normalized spacial score (nSPS) is 16.5. The highest BCUT2D eigenvalue weighted by Crippen LogP contribution is 2.33. The molecule has 0 bridgehead atoms. The van der Waals surface area contributed by atoms with Gasteiger partial charge in [0.25, 0.3) is 0 Å². The molecule has 1 heterocycles. The summed E-state index contributed by atoms with van der Waals surface area (Å²) in [7, 11) is 0. The van der Waals surface area contributed by atoms with E-state index < -0.39 is 0 Å². The molecule has 94 valence electrons. The Hall–Kier alpha value is -1.87. The molecule has 0 saturated heterocycles. The maximum absolute atomic E-state index is 13.1. The summed E-state index contributed by atoms with van der Waals surface area (Å²) in [6, 6.07) is 13.9. The predicted octanol–water partition coefficient (Wildman–Crippen LogP) is 4.20. The minimum Gasteiger partial charge on any atom is -0.289 e. The van der Waals surface area contributed by atoms with E-state index in [4.69, 9.17) is 0 Å². The van der Waals surface area contributed by atoms with Crippen LogP contribution in [0.15, 0.2) is 59.0 Å². The van der Waals surface area contributed by atoms with Gasteiger partial charge in [0.15, 0.2) is 5.78 Å². The number of carbonyl (C=O) groups excluding carboxylic acids is 1. The summed E-state index contributed by atoms with van der Waals surface area (Å²) in [5.74, 6) is 0.385. The van der Waals surface area contributed by atoms with Gasteiger partial charge in [0.05, 0.1) is 0 Å². The Morgan fingerprint density at radius 3 is 2.79 bits per heavy atom. The van der Waals surface area contributed by atoms with E-state index in [1.54, 1.807) is 30.0 Å². The van der Waals surface area contributed by atoms with Gasteiger partial charge >= 0.3 is 0 Å². The van der Waals surface area contributed by atoms with Crippen LogP contribution < -0.4 is 0 Å². The zero-order valence-electron chi connectivity index (χ0n) is 10.1. The third kappa shape index (κ3) is 2.47. The van der Waals surface area contributed by atoms with Gasteiger partial charge in [-0.25, -0.2) is 4.39 Å². The van der Waals surface area contributed by atoms with E-state index in [0.717, 1.165) is 16.0 Å². The topological polar surface area (TPSA) is 17.1 Å². The summed E-state index contributed by atoms with van der Waals surface area (Å²) < 4.78 is 13.1. The zero-order valence-corrected chi connectivity index (χ0v) is 10.9. The number of rotatable bonds is 1. The van der Waals surface area contributed by atoms with Crippen LogP contribution in [-0.2, 0) is 0 Å². The van der Waals surface area contributed by atoms with Crippen LogP contribution in [0.25, 0.3) is 6.08 Å². The lowest BCUT2D eigenvalue weighted by molar-refractivity contribution is 0.103. The molecule has 0 aromatic heterocycles. The molecule has 0 unspecified atom stereocenters. The van der Waals surface area contributed by atoms with Crippen molar-refractivity contribution in [3.63, 3.8) is 0 Å². The lowest BCUT2D eigenvalue weighted by Gasteiger charge is -2.16. The molecule has 0 atom stereocenters. The zero-order chi connectivity index (χ0) is 13.2. The fraction of sp³-hybridized carbons (Fsp3) is 0.0625. The molecule has 2 aromatic rings. The highest BCUT2D eigenvalue weighted by atomic mass is 32.2. The van der Waals surface area contributed by atoms with Crippen LogP contribution in [-0.4, -0.2) is 11.5 Å². The van der Waals surface area contributed by atoms with E-state index in [-0.39, 0.29) is 11.6 Å². The van der Waals surface area contributed by atoms with Crippen molar-refractivity contribution in [2.24, 2.45) is 0 Å². The lowest BCUT2D eigenvalue weighted by Crippen LogP contribution is -2.12. The molecule has 0 amide bonds. The smallest absolute Gasteiger partial charge is 0.191 e. The van der Waals surface area contributed by atoms with Crippen LogP contribution in [0.1, 0.15) is 15.9 Å². The van der Waals surface area contributed by atoms with E-state index in [2.05, 4.69) is 0 Å². The number of carbonyl (C=O) groups is 1. The summed E-state index contributed by atoms with van der Waals surface area (Å²) in [6.45, 7) is 0. The number of benzene rings is 2. The Labute approximate surface area is 115 Å². The molecule has 2 aromatic carbocycles. The van der Waals surface area contributed by atoms with Crippen LogP contribution >= 0.6 is 11.8 Å². The van der Waals surface area contributed by atoms with E-state index in [9.17, 15) is 9.18 Å². The Bertz CT molecular complexity index is 676. The number of Topliss-reactive ketones (excluding diaryl/α,β-unsaturated/α-hetero) is 1. The second kappa shape index (κ2) is 5.02. The number of hydrogen-bond donors (Lipinski definition) is 0. The maximum Gasteiger partial charge on any atom is 0.191 e. The standard InChI is InChI=1S/C16H11FOS/c17-13-5-3-4-11(9-13)8-12-10-19-15-7-2-1-6-14(15)16(12)18/h1-9H,10H2/b12-8+. The van der Waals surface area contributed by atoms with Crippen LogP contribution in [0.5, 0.6) is 0 Å². The molecule has 1 nitrogen and oxygen atoms in total. The van der Waals surface area contributed by atoms with Crippen LogP contribution in [0.2, 0.25) is 0 Å². The Balaban J connectivity index is 1.98. The van der Waals surface area contributed by atoms with Crippen molar-refractivity contribution in [2.75, 3.05) is 5.75 Å². The fourth-order valence-electron chi connectivity index (χ4n) is 2.08. The summed E-state index contributed by atoms with van der Waals surface area (Å²) in [4.78, 5) is 13.3. The minimum atomic E-state index is -0.286. The number of ketones is 1. The summed E-state index contributed by atoms with van der Waals surface area (Å²) >= 11 is 1.64. The molecule has 0 spiro atoms. The average Bonchev–Trinajstić information content (AvgIpc) is 2.42. The first-order chi connectivity index (χ1) is 9.24. The molecule has 0 saturated carbocycles. The molecular formula is C16H11FOS. The Kier molecular flexibility index (Phi) is 3.22. The molecule has 1 aliphatic heterocycles. The molecule has 3 heteroatoms. The number of thioether (sulfide) groups is 1. The van der Waals surface area contributed by atoms with Gasteiger partial charge in [-0.3, -0.25) is 4.79 Å². The fourth-order valence-corrected chi connectivity index (χ4v) is 3.10. The van der Waals surface area contributed by atoms with Gasteiger partial charge in [-0.15, -0.1) is 11.8 Å². The van der Waals surface area contributed by atoms with Crippen LogP contribution in [0, 0.1) is 5.82 Å². The average molecular weight is 270 g/mol. The highest BCUT2D eigenvalue weighted by molar-refractivity contribution is 7.99. The van der Waals surface area contributed by atoms with Crippen molar-refractivity contribution in [1.29, 1.82) is 0 Å². The van der Waals surface area contributed by atoms with Gasteiger partial charge in [-0.1, -0.05) is 24.3 Å². The molecule has 3 rings (SSSR count). The van der Waals surface area contributed by atoms with E-state index >= 15 is 0 Å². The first-order valence-electron chi connectivity index (χ1n) is 5.97. The van der Waals surface area contributed by atoms with Gasteiger partial charge in [-0.05, 0) is 35.9 Å². The second-order valence-corrected chi connectivity index (χ2v) is 5.36. The van der Waals surface area contributed by atoms with Crippen molar-refractivity contribution >= 4 is 23.6 Å². The highest BCUT2D eigenvalue weighted by Gasteiger charge is 2.21. The third-order valence-corrected chi connectivity index (χ3v) is 4.12. The molecule has 0 radical (unpaired) electrons. The lowest BCUT2D eigenvalue weighted by atomic mass is 10.0. The van der Waals surface area contributed by atoms with Crippen LogP contribution in [0.4, 0.5) is 4.39 Å². The minimum absolute atomic E-state index is 0.0404. The van der Waals surface area contributed by atoms with Gasteiger partial charge in [-0.2, -0.15) is 0 Å². The molecule has 19 heavy (non-hydrogen) atoms. The molecule has 1 aliphatic rings. The summed E-state index contributed by atoms with van der Waals surface area (Å²) in [5.41, 5.74) is 2.18. The van der Waals surface area contributed by atoms with Gasteiger partial charge in [0.1, 0.15) is 5.82 Å². The summed E-state index contributed by atoms with van der Waals surface area (Å²) in [5, 5.41) is 0. The van der Waals surface area contributed by atoms with E-state index in [0.29, 0.717) is 11.3 Å². The first-order valence-corrected chi connectivity index (χ1v) is 6.95. The number of fused-ring (bicyclic) bond motifs is 1.